The summed E-state index contributed by atoms with van der Waals surface area (Å²) in [4.78, 5) is 20.7. The van der Waals surface area contributed by atoms with Gasteiger partial charge in [0, 0.05) is 28.9 Å². The van der Waals surface area contributed by atoms with Gasteiger partial charge >= 0.3 is 0 Å². The molecule has 1 saturated heterocycles. The monoisotopic (exact) mass is 399 g/mol. The first-order chi connectivity index (χ1) is 13.2. The van der Waals surface area contributed by atoms with Gasteiger partial charge in [-0.2, -0.15) is 0 Å². The third-order valence-electron chi connectivity index (χ3n) is 5.14. The van der Waals surface area contributed by atoms with Crippen LogP contribution >= 0.6 is 22.9 Å². The zero-order valence-corrected chi connectivity index (χ0v) is 16.6. The second-order valence-corrected chi connectivity index (χ2v) is 8.47. The number of hydrogen-bond donors (Lipinski definition) is 1. The molecule has 0 saturated carbocycles. The van der Waals surface area contributed by atoms with E-state index in [4.69, 9.17) is 11.6 Å². The number of carbonyl (C=O) groups excluding carboxylic acids is 1. The number of carbonyl (C=O) groups is 1. The van der Waals surface area contributed by atoms with Crippen LogP contribution in [0.15, 0.2) is 47.8 Å². The first kappa shape index (κ1) is 18.4. The van der Waals surface area contributed by atoms with Crippen LogP contribution in [-0.2, 0) is 6.54 Å². The summed E-state index contributed by atoms with van der Waals surface area (Å²) < 4.78 is 0. The summed E-state index contributed by atoms with van der Waals surface area (Å²) in [6.07, 6.45) is 2.26. The molecule has 6 heteroatoms. The Morgan fingerprint density at radius 1 is 1.22 bits per heavy atom. The predicted molar refractivity (Wildman–Crippen MR) is 111 cm³/mol. The molecule has 140 valence electrons. The predicted octanol–water partition coefficient (Wildman–Crippen LogP) is 4.59. The SMILES string of the molecule is O=C(NCC1CCN(Cc2cccs2)CC1)c1ccc2nc(Cl)ccc2c1. The van der Waals surface area contributed by atoms with Gasteiger partial charge in [0.15, 0.2) is 0 Å². The van der Waals surface area contributed by atoms with Gasteiger partial charge in [-0.1, -0.05) is 17.7 Å². The fourth-order valence-corrected chi connectivity index (χ4v) is 4.45. The minimum atomic E-state index is -0.0205. The van der Waals surface area contributed by atoms with Crippen LogP contribution in [0.3, 0.4) is 0 Å². The van der Waals surface area contributed by atoms with E-state index in [1.165, 1.54) is 4.88 Å². The highest BCUT2D eigenvalue weighted by molar-refractivity contribution is 7.09. The molecule has 1 amide bonds. The number of nitrogens with one attached hydrogen (secondary N) is 1. The minimum Gasteiger partial charge on any atom is -0.352 e. The van der Waals surface area contributed by atoms with E-state index in [0.717, 1.165) is 49.9 Å². The number of halogens is 1. The molecule has 0 unspecified atom stereocenters. The van der Waals surface area contributed by atoms with Crippen molar-refractivity contribution >= 4 is 39.7 Å². The van der Waals surface area contributed by atoms with E-state index in [1.54, 1.807) is 6.07 Å². The topological polar surface area (TPSA) is 45.2 Å². The molecule has 0 bridgehead atoms. The van der Waals surface area contributed by atoms with Gasteiger partial charge in [0.2, 0.25) is 0 Å². The smallest absolute Gasteiger partial charge is 0.251 e. The van der Waals surface area contributed by atoms with Crippen LogP contribution in [0.1, 0.15) is 28.1 Å². The number of aromatic nitrogens is 1. The molecule has 27 heavy (non-hydrogen) atoms. The van der Waals surface area contributed by atoms with E-state index in [2.05, 4.69) is 32.7 Å². The van der Waals surface area contributed by atoms with Gasteiger partial charge in [-0.25, -0.2) is 4.98 Å². The van der Waals surface area contributed by atoms with Crippen LogP contribution in [0, 0.1) is 5.92 Å². The average molecular weight is 400 g/mol. The number of amides is 1. The second kappa shape index (κ2) is 8.38. The molecular formula is C21H22ClN3OS. The molecule has 1 fully saturated rings. The van der Waals surface area contributed by atoms with Crippen LogP contribution in [0.5, 0.6) is 0 Å². The number of nitrogens with zero attached hydrogens (tertiary/aromatic N) is 2. The third kappa shape index (κ3) is 4.67. The maximum atomic E-state index is 12.5. The summed E-state index contributed by atoms with van der Waals surface area (Å²) >= 11 is 7.73. The van der Waals surface area contributed by atoms with E-state index < -0.39 is 0 Å². The van der Waals surface area contributed by atoms with Crippen molar-refractivity contribution in [2.75, 3.05) is 19.6 Å². The van der Waals surface area contributed by atoms with Gasteiger partial charge in [0.25, 0.3) is 5.91 Å². The van der Waals surface area contributed by atoms with Crippen molar-refractivity contribution in [1.29, 1.82) is 0 Å². The first-order valence-electron chi connectivity index (χ1n) is 9.26. The lowest BCUT2D eigenvalue weighted by atomic mass is 9.96. The minimum absolute atomic E-state index is 0.0205. The van der Waals surface area contributed by atoms with Gasteiger partial charge in [0.05, 0.1) is 5.52 Å². The van der Waals surface area contributed by atoms with Gasteiger partial charge < -0.3 is 5.32 Å². The Morgan fingerprint density at radius 3 is 2.85 bits per heavy atom. The molecule has 0 aliphatic carbocycles. The number of pyridine rings is 1. The van der Waals surface area contributed by atoms with Crippen molar-refractivity contribution in [1.82, 2.24) is 15.2 Å². The highest BCUT2D eigenvalue weighted by Crippen LogP contribution is 2.21. The largest absolute Gasteiger partial charge is 0.352 e. The number of hydrogen-bond acceptors (Lipinski definition) is 4. The molecule has 0 radical (unpaired) electrons. The zero-order chi connectivity index (χ0) is 18.6. The Labute approximate surface area is 168 Å². The summed E-state index contributed by atoms with van der Waals surface area (Å²) in [7, 11) is 0. The van der Waals surface area contributed by atoms with Crippen molar-refractivity contribution in [2.24, 2.45) is 5.92 Å². The first-order valence-corrected chi connectivity index (χ1v) is 10.5. The Bertz CT molecular complexity index is 920. The van der Waals surface area contributed by atoms with Crippen molar-refractivity contribution < 1.29 is 4.79 Å². The lowest BCUT2D eigenvalue weighted by Gasteiger charge is -2.31. The van der Waals surface area contributed by atoms with Crippen LogP contribution in [0.4, 0.5) is 0 Å². The molecule has 0 atom stereocenters. The fourth-order valence-electron chi connectivity index (χ4n) is 3.55. The maximum Gasteiger partial charge on any atom is 0.251 e. The summed E-state index contributed by atoms with van der Waals surface area (Å²) in [5.74, 6) is 0.530. The van der Waals surface area contributed by atoms with E-state index >= 15 is 0 Å². The fraction of sp³-hybridized carbons (Fsp3) is 0.333. The lowest BCUT2D eigenvalue weighted by Crippen LogP contribution is -2.38. The Kier molecular flexibility index (Phi) is 5.72. The molecule has 2 aromatic heterocycles. The molecule has 4 nitrogen and oxygen atoms in total. The van der Waals surface area contributed by atoms with Crippen molar-refractivity contribution in [3.63, 3.8) is 0 Å². The number of likely N-dealkylation sites (tertiary alicyclic amines) is 1. The number of rotatable bonds is 5. The van der Waals surface area contributed by atoms with Crippen molar-refractivity contribution in [2.45, 2.75) is 19.4 Å². The van der Waals surface area contributed by atoms with E-state index in [1.807, 2.05) is 35.6 Å². The Morgan fingerprint density at radius 2 is 2.07 bits per heavy atom. The number of thiophene rings is 1. The quantitative estimate of drug-likeness (QED) is 0.638. The van der Waals surface area contributed by atoms with Crippen LogP contribution in [0.25, 0.3) is 10.9 Å². The van der Waals surface area contributed by atoms with Crippen LogP contribution in [0.2, 0.25) is 5.15 Å². The average Bonchev–Trinajstić information content (AvgIpc) is 3.20. The van der Waals surface area contributed by atoms with E-state index in [9.17, 15) is 4.79 Å². The van der Waals surface area contributed by atoms with Crippen LogP contribution in [-0.4, -0.2) is 35.4 Å². The lowest BCUT2D eigenvalue weighted by molar-refractivity contribution is 0.0935. The molecule has 3 aromatic rings. The summed E-state index contributed by atoms with van der Waals surface area (Å²) in [5.41, 5.74) is 1.47. The molecule has 4 rings (SSSR count). The summed E-state index contributed by atoms with van der Waals surface area (Å²) in [6.45, 7) is 3.98. The molecule has 1 aromatic carbocycles. The van der Waals surface area contributed by atoms with Gasteiger partial charge in [-0.05, 0) is 73.6 Å². The Balaban J connectivity index is 1.28. The molecule has 1 aliphatic rings. The van der Waals surface area contributed by atoms with Crippen molar-refractivity contribution in [3.05, 3.63) is 63.4 Å². The van der Waals surface area contributed by atoms with Gasteiger partial charge in [-0.3, -0.25) is 9.69 Å². The number of benzene rings is 1. The second-order valence-electron chi connectivity index (χ2n) is 7.05. The summed E-state index contributed by atoms with van der Waals surface area (Å²) in [6, 6.07) is 13.5. The molecule has 1 N–H and O–H groups in total. The zero-order valence-electron chi connectivity index (χ0n) is 15.0. The Hall–Kier alpha value is -1.95. The van der Waals surface area contributed by atoms with Crippen molar-refractivity contribution in [3.8, 4) is 0 Å². The maximum absolute atomic E-state index is 12.5. The van der Waals surface area contributed by atoms with E-state index in [-0.39, 0.29) is 5.91 Å². The summed E-state index contributed by atoms with van der Waals surface area (Å²) in [5, 5.41) is 6.63. The van der Waals surface area contributed by atoms with Gasteiger partial charge in [-0.15, -0.1) is 11.3 Å². The molecular weight excluding hydrogens is 378 g/mol. The van der Waals surface area contributed by atoms with E-state index in [0.29, 0.717) is 16.6 Å². The number of fused-ring (bicyclic) bond motifs is 1. The highest BCUT2D eigenvalue weighted by Gasteiger charge is 2.20. The third-order valence-corrected chi connectivity index (χ3v) is 6.21. The highest BCUT2D eigenvalue weighted by atomic mass is 35.5. The standard InChI is InChI=1S/C21H22ClN3OS/c22-20-6-4-16-12-17(3-5-19(16)24-20)21(26)23-13-15-7-9-25(10-8-15)14-18-2-1-11-27-18/h1-6,11-12,15H,7-10,13-14H2,(H,23,26). The van der Waals surface area contributed by atoms with Crippen LogP contribution < -0.4 is 5.32 Å². The molecule has 1 aliphatic heterocycles. The van der Waals surface area contributed by atoms with Gasteiger partial charge in [0.1, 0.15) is 5.15 Å². The molecule has 3 heterocycles. The number of piperidine rings is 1. The normalized spacial score (nSPS) is 15.9. The molecule has 0 spiro atoms.